The van der Waals surface area contributed by atoms with E-state index in [1.807, 2.05) is 6.20 Å². The van der Waals surface area contributed by atoms with Crippen LogP contribution in [0.3, 0.4) is 0 Å². The number of nitrogens with one attached hydrogen (secondary N) is 1. The third kappa shape index (κ3) is 4.97. The van der Waals surface area contributed by atoms with Crippen molar-refractivity contribution in [3.05, 3.63) is 23.5 Å². The molecule has 118 valence electrons. The van der Waals surface area contributed by atoms with Crippen molar-refractivity contribution in [2.24, 2.45) is 0 Å². The minimum Gasteiger partial charge on any atom is -0.377 e. The number of hydrogen-bond acceptors (Lipinski definition) is 4. The highest BCUT2D eigenvalue weighted by atomic mass is 16.5. The van der Waals surface area contributed by atoms with E-state index in [4.69, 9.17) is 4.74 Å². The van der Waals surface area contributed by atoms with E-state index in [0.717, 1.165) is 38.4 Å². The Balaban J connectivity index is 2.21. The van der Waals surface area contributed by atoms with Gasteiger partial charge in [0.25, 0.3) is 0 Å². The van der Waals surface area contributed by atoms with Gasteiger partial charge < -0.3 is 15.0 Å². The van der Waals surface area contributed by atoms with Crippen LogP contribution in [-0.2, 0) is 11.3 Å². The molecule has 1 saturated heterocycles. The van der Waals surface area contributed by atoms with Crippen molar-refractivity contribution in [2.75, 3.05) is 24.6 Å². The van der Waals surface area contributed by atoms with Crippen molar-refractivity contribution in [2.45, 2.75) is 59.2 Å². The molecule has 0 spiro atoms. The number of hydrogen-bond donors (Lipinski definition) is 1. The molecule has 0 saturated carbocycles. The van der Waals surface area contributed by atoms with Gasteiger partial charge >= 0.3 is 0 Å². The molecule has 1 unspecified atom stereocenters. The van der Waals surface area contributed by atoms with E-state index in [0.29, 0.717) is 0 Å². The summed E-state index contributed by atoms with van der Waals surface area (Å²) in [5.41, 5.74) is 3.75. The molecule has 1 aromatic heterocycles. The summed E-state index contributed by atoms with van der Waals surface area (Å²) in [6.07, 6.45) is 3.38. The van der Waals surface area contributed by atoms with Crippen molar-refractivity contribution >= 4 is 5.69 Å². The molecule has 2 heterocycles. The van der Waals surface area contributed by atoms with Crippen LogP contribution in [0.5, 0.6) is 0 Å². The van der Waals surface area contributed by atoms with Gasteiger partial charge in [-0.05, 0) is 47.1 Å². The Morgan fingerprint density at radius 3 is 2.90 bits per heavy atom. The van der Waals surface area contributed by atoms with E-state index in [1.54, 1.807) is 0 Å². The third-order valence-corrected chi connectivity index (χ3v) is 3.70. The Kier molecular flexibility index (Phi) is 5.22. The Morgan fingerprint density at radius 2 is 2.19 bits per heavy atom. The predicted molar refractivity (Wildman–Crippen MR) is 87.8 cm³/mol. The highest BCUT2D eigenvalue weighted by Gasteiger charge is 2.19. The molecule has 0 aliphatic carbocycles. The number of anilines is 1. The van der Waals surface area contributed by atoms with Crippen LogP contribution >= 0.6 is 0 Å². The van der Waals surface area contributed by atoms with Crippen molar-refractivity contribution < 1.29 is 4.74 Å². The van der Waals surface area contributed by atoms with E-state index in [1.165, 1.54) is 11.3 Å². The highest BCUT2D eigenvalue weighted by Crippen LogP contribution is 2.24. The van der Waals surface area contributed by atoms with Crippen LogP contribution < -0.4 is 10.2 Å². The SMILES string of the molecule is Cc1cc(N2CCCOC(C)C2)c(CNC(C)(C)C)cn1. The summed E-state index contributed by atoms with van der Waals surface area (Å²) in [4.78, 5) is 6.93. The Labute approximate surface area is 128 Å². The standard InChI is InChI=1S/C17H29N3O/c1-13-9-16(20-7-6-8-21-14(2)12-20)15(10-18-13)11-19-17(3,4)5/h9-10,14,19H,6-8,11-12H2,1-5H3. The fourth-order valence-electron chi connectivity index (χ4n) is 2.58. The number of nitrogens with zero attached hydrogens (tertiary/aromatic N) is 2. The molecular formula is C17H29N3O. The average molecular weight is 291 g/mol. The molecule has 0 aromatic carbocycles. The maximum Gasteiger partial charge on any atom is 0.0721 e. The molecule has 0 radical (unpaired) electrons. The molecule has 4 heteroatoms. The molecule has 1 atom stereocenters. The maximum atomic E-state index is 5.77. The van der Waals surface area contributed by atoms with E-state index in [2.05, 4.69) is 55.9 Å². The molecule has 0 bridgehead atoms. The summed E-state index contributed by atoms with van der Waals surface area (Å²) in [6, 6.07) is 2.21. The summed E-state index contributed by atoms with van der Waals surface area (Å²) in [6.45, 7) is 14.5. The first-order chi connectivity index (χ1) is 9.85. The first-order valence-electron chi connectivity index (χ1n) is 7.92. The number of pyridine rings is 1. The number of aryl methyl sites for hydroxylation is 1. The lowest BCUT2D eigenvalue weighted by Gasteiger charge is -2.28. The van der Waals surface area contributed by atoms with Crippen LogP contribution in [0.4, 0.5) is 5.69 Å². The largest absolute Gasteiger partial charge is 0.377 e. The lowest BCUT2D eigenvalue weighted by atomic mass is 10.1. The van der Waals surface area contributed by atoms with E-state index in [9.17, 15) is 0 Å². The molecule has 1 aliphatic rings. The van der Waals surface area contributed by atoms with Crippen LogP contribution in [0.2, 0.25) is 0 Å². The quantitative estimate of drug-likeness (QED) is 0.929. The summed E-state index contributed by atoms with van der Waals surface area (Å²) in [5.74, 6) is 0. The Morgan fingerprint density at radius 1 is 1.43 bits per heavy atom. The van der Waals surface area contributed by atoms with Crippen LogP contribution in [0.25, 0.3) is 0 Å². The van der Waals surface area contributed by atoms with Crippen LogP contribution in [0, 0.1) is 6.92 Å². The molecule has 4 nitrogen and oxygen atoms in total. The van der Waals surface area contributed by atoms with Gasteiger partial charge in [-0.1, -0.05) is 0 Å². The fourth-order valence-corrected chi connectivity index (χ4v) is 2.58. The molecule has 1 fully saturated rings. The zero-order chi connectivity index (χ0) is 15.5. The number of aromatic nitrogens is 1. The zero-order valence-corrected chi connectivity index (χ0v) is 14.1. The molecular weight excluding hydrogens is 262 g/mol. The molecule has 21 heavy (non-hydrogen) atoms. The highest BCUT2D eigenvalue weighted by molar-refractivity contribution is 5.54. The van der Waals surface area contributed by atoms with Gasteiger partial charge in [0.2, 0.25) is 0 Å². The van der Waals surface area contributed by atoms with Gasteiger partial charge in [0.1, 0.15) is 0 Å². The number of ether oxygens (including phenoxy) is 1. The topological polar surface area (TPSA) is 37.4 Å². The van der Waals surface area contributed by atoms with Crippen molar-refractivity contribution in [1.82, 2.24) is 10.3 Å². The normalized spacial score (nSPS) is 20.4. The van der Waals surface area contributed by atoms with Crippen molar-refractivity contribution in [3.8, 4) is 0 Å². The summed E-state index contributed by atoms with van der Waals surface area (Å²) < 4.78 is 5.77. The molecule has 1 aliphatic heterocycles. The van der Waals surface area contributed by atoms with Gasteiger partial charge in [-0.15, -0.1) is 0 Å². The van der Waals surface area contributed by atoms with Crippen LogP contribution in [0.1, 0.15) is 45.4 Å². The van der Waals surface area contributed by atoms with Crippen molar-refractivity contribution in [1.29, 1.82) is 0 Å². The second-order valence-electron chi connectivity index (χ2n) is 7.04. The van der Waals surface area contributed by atoms with Crippen molar-refractivity contribution in [3.63, 3.8) is 0 Å². The minimum absolute atomic E-state index is 0.108. The first kappa shape index (κ1) is 16.2. The molecule has 1 N–H and O–H groups in total. The van der Waals surface area contributed by atoms with Gasteiger partial charge in [-0.2, -0.15) is 0 Å². The van der Waals surface area contributed by atoms with E-state index in [-0.39, 0.29) is 11.6 Å². The molecule has 0 amide bonds. The predicted octanol–water partition coefficient (Wildman–Crippen LogP) is 2.89. The van der Waals surface area contributed by atoms with Gasteiger partial charge in [0, 0.05) is 54.9 Å². The summed E-state index contributed by atoms with van der Waals surface area (Å²) in [5, 5.41) is 3.57. The summed E-state index contributed by atoms with van der Waals surface area (Å²) in [7, 11) is 0. The monoisotopic (exact) mass is 291 g/mol. The van der Waals surface area contributed by atoms with Gasteiger partial charge in [0.05, 0.1) is 6.10 Å². The minimum atomic E-state index is 0.108. The fraction of sp³-hybridized carbons (Fsp3) is 0.706. The summed E-state index contributed by atoms with van der Waals surface area (Å²) >= 11 is 0. The zero-order valence-electron chi connectivity index (χ0n) is 14.1. The molecule has 1 aromatic rings. The second-order valence-corrected chi connectivity index (χ2v) is 7.04. The molecule has 2 rings (SSSR count). The van der Waals surface area contributed by atoms with Gasteiger partial charge in [0.15, 0.2) is 0 Å². The lowest BCUT2D eigenvalue weighted by Crippen LogP contribution is -2.36. The van der Waals surface area contributed by atoms with Gasteiger partial charge in [-0.25, -0.2) is 0 Å². The van der Waals surface area contributed by atoms with Gasteiger partial charge in [-0.3, -0.25) is 4.98 Å². The smallest absolute Gasteiger partial charge is 0.0721 e. The third-order valence-electron chi connectivity index (χ3n) is 3.70. The first-order valence-corrected chi connectivity index (χ1v) is 7.92. The van der Waals surface area contributed by atoms with E-state index < -0.39 is 0 Å². The van der Waals surface area contributed by atoms with E-state index >= 15 is 0 Å². The average Bonchev–Trinajstić information content (AvgIpc) is 2.61. The lowest BCUT2D eigenvalue weighted by molar-refractivity contribution is 0.0820. The van der Waals surface area contributed by atoms with Crippen LogP contribution in [0.15, 0.2) is 12.3 Å². The maximum absolute atomic E-state index is 5.77. The van der Waals surface area contributed by atoms with Crippen LogP contribution in [-0.4, -0.2) is 36.3 Å². The number of rotatable bonds is 3. The Hall–Kier alpha value is -1.13. The second kappa shape index (κ2) is 6.75. The Bertz CT molecular complexity index is 468.